The van der Waals surface area contributed by atoms with E-state index in [-0.39, 0.29) is 17.3 Å². The van der Waals surface area contributed by atoms with Crippen molar-refractivity contribution in [3.8, 4) is 6.07 Å². The van der Waals surface area contributed by atoms with Crippen LogP contribution in [-0.4, -0.2) is 6.04 Å². The van der Waals surface area contributed by atoms with E-state index in [0.29, 0.717) is 5.92 Å². The van der Waals surface area contributed by atoms with Crippen molar-refractivity contribution >= 4 is 5.69 Å². The number of nitriles is 1. The van der Waals surface area contributed by atoms with Gasteiger partial charge in [-0.15, -0.1) is 0 Å². The number of hydrogen-bond donors (Lipinski definition) is 1. The lowest BCUT2D eigenvalue weighted by Crippen LogP contribution is -2.20. The van der Waals surface area contributed by atoms with Crippen molar-refractivity contribution in [1.82, 2.24) is 0 Å². The van der Waals surface area contributed by atoms with E-state index in [4.69, 9.17) is 5.26 Å². The number of rotatable bonds is 3. The fraction of sp³-hybridized carbons (Fsp3) is 0.462. The van der Waals surface area contributed by atoms with Crippen LogP contribution in [0.3, 0.4) is 0 Å². The highest BCUT2D eigenvalue weighted by Gasteiger charge is 2.35. The number of benzene rings is 1. The van der Waals surface area contributed by atoms with Crippen LogP contribution in [0.25, 0.3) is 0 Å². The Morgan fingerprint density at radius 1 is 1.39 bits per heavy atom. The average Bonchev–Trinajstić information content (AvgIpc) is 3.11. The molecule has 0 bridgehead atoms. The summed E-state index contributed by atoms with van der Waals surface area (Å²) in [5.74, 6) is 0.460. The first-order valence-corrected chi connectivity index (χ1v) is 5.79. The molecule has 1 unspecified atom stereocenters. The van der Waals surface area contributed by atoms with Crippen molar-refractivity contribution in [1.29, 1.82) is 5.26 Å². The molecule has 1 atom stereocenters. The smallest absolute Gasteiger partial charge is 0.382 e. The third kappa shape index (κ3) is 2.76. The second-order valence-corrected chi connectivity index (χ2v) is 4.64. The first-order valence-electron chi connectivity index (χ1n) is 5.79. The Bertz CT molecular complexity index is 484. The van der Waals surface area contributed by atoms with Crippen LogP contribution in [0, 0.1) is 17.2 Å². The molecule has 0 aliphatic heterocycles. The van der Waals surface area contributed by atoms with Crippen molar-refractivity contribution in [2.24, 2.45) is 5.92 Å². The van der Waals surface area contributed by atoms with E-state index in [0.717, 1.165) is 18.9 Å². The molecule has 0 saturated heterocycles. The fourth-order valence-electron chi connectivity index (χ4n) is 1.93. The summed E-state index contributed by atoms with van der Waals surface area (Å²) >= 11 is 0. The highest BCUT2D eigenvalue weighted by atomic mass is 19.4. The second kappa shape index (κ2) is 4.52. The van der Waals surface area contributed by atoms with Crippen LogP contribution >= 0.6 is 0 Å². The lowest BCUT2D eigenvalue weighted by Gasteiger charge is -2.19. The highest BCUT2D eigenvalue weighted by molar-refractivity contribution is 5.56. The molecule has 1 N–H and O–H groups in total. The summed E-state index contributed by atoms with van der Waals surface area (Å²) in [5, 5.41) is 11.6. The molecular formula is C13H13F3N2. The molecule has 0 heterocycles. The standard InChI is InChI=1S/C13H13F3N2/c1-8(10-3-4-10)18-12-5-2-9(7-17)6-11(12)13(14,15)16/h2,5-6,8,10,18H,3-4H2,1H3. The van der Waals surface area contributed by atoms with Crippen LogP contribution in [0.15, 0.2) is 18.2 Å². The summed E-state index contributed by atoms with van der Waals surface area (Å²) in [6, 6.07) is 5.38. The Morgan fingerprint density at radius 3 is 2.56 bits per heavy atom. The fourth-order valence-corrected chi connectivity index (χ4v) is 1.93. The first kappa shape index (κ1) is 12.7. The molecule has 1 fully saturated rings. The molecule has 96 valence electrons. The SMILES string of the molecule is CC(Nc1ccc(C#N)cc1C(F)(F)F)C1CC1. The van der Waals surface area contributed by atoms with Crippen LogP contribution in [0.4, 0.5) is 18.9 Å². The predicted octanol–water partition coefficient (Wildman–Crippen LogP) is 3.79. The van der Waals surface area contributed by atoms with Crippen LogP contribution in [-0.2, 0) is 6.18 Å². The van der Waals surface area contributed by atoms with Crippen LogP contribution < -0.4 is 5.32 Å². The summed E-state index contributed by atoms with van der Waals surface area (Å²) in [5.41, 5.74) is -0.693. The molecule has 2 rings (SSSR count). The van der Waals surface area contributed by atoms with E-state index in [1.165, 1.54) is 12.1 Å². The Morgan fingerprint density at radius 2 is 2.06 bits per heavy atom. The highest BCUT2D eigenvalue weighted by Crippen LogP contribution is 2.38. The van der Waals surface area contributed by atoms with Crippen molar-refractivity contribution in [2.45, 2.75) is 32.0 Å². The summed E-state index contributed by atoms with van der Waals surface area (Å²) < 4.78 is 38.6. The number of hydrogen-bond acceptors (Lipinski definition) is 2. The Kier molecular flexibility index (Phi) is 3.20. The van der Waals surface area contributed by atoms with Crippen molar-refractivity contribution < 1.29 is 13.2 Å². The van der Waals surface area contributed by atoms with Gasteiger partial charge in [-0.25, -0.2) is 0 Å². The molecule has 1 saturated carbocycles. The van der Waals surface area contributed by atoms with Gasteiger partial charge in [0, 0.05) is 11.7 Å². The second-order valence-electron chi connectivity index (χ2n) is 4.64. The maximum atomic E-state index is 12.9. The van der Waals surface area contributed by atoms with Gasteiger partial charge in [-0.1, -0.05) is 0 Å². The molecule has 1 aliphatic carbocycles. The summed E-state index contributed by atoms with van der Waals surface area (Å²) in [7, 11) is 0. The Hall–Kier alpha value is -1.70. The van der Waals surface area contributed by atoms with E-state index < -0.39 is 11.7 Å². The van der Waals surface area contributed by atoms with Gasteiger partial charge in [0.25, 0.3) is 0 Å². The number of anilines is 1. The van der Waals surface area contributed by atoms with Gasteiger partial charge >= 0.3 is 6.18 Å². The molecule has 2 nitrogen and oxygen atoms in total. The van der Waals surface area contributed by atoms with E-state index in [1.54, 1.807) is 6.07 Å². The van der Waals surface area contributed by atoms with Gasteiger partial charge in [0.15, 0.2) is 0 Å². The Labute approximate surface area is 103 Å². The minimum Gasteiger partial charge on any atom is -0.382 e. The minimum atomic E-state index is -4.45. The number of nitrogens with zero attached hydrogens (tertiary/aromatic N) is 1. The molecule has 0 spiro atoms. The third-order valence-corrected chi connectivity index (χ3v) is 3.17. The molecule has 5 heteroatoms. The molecule has 1 aromatic rings. The van der Waals surface area contributed by atoms with E-state index >= 15 is 0 Å². The van der Waals surface area contributed by atoms with Crippen LogP contribution in [0.2, 0.25) is 0 Å². The van der Waals surface area contributed by atoms with Crippen molar-refractivity contribution in [3.05, 3.63) is 29.3 Å². The topological polar surface area (TPSA) is 35.8 Å². The minimum absolute atomic E-state index is 0.0203. The average molecular weight is 254 g/mol. The molecule has 0 amide bonds. The summed E-state index contributed by atoms with van der Waals surface area (Å²) in [6.07, 6.45) is -2.32. The van der Waals surface area contributed by atoms with Gasteiger partial charge in [0.2, 0.25) is 0 Å². The van der Waals surface area contributed by atoms with E-state index in [2.05, 4.69) is 5.32 Å². The van der Waals surface area contributed by atoms with Crippen molar-refractivity contribution in [2.75, 3.05) is 5.32 Å². The quantitative estimate of drug-likeness (QED) is 0.890. The van der Waals surface area contributed by atoms with Crippen LogP contribution in [0.1, 0.15) is 30.9 Å². The lowest BCUT2D eigenvalue weighted by molar-refractivity contribution is -0.137. The molecule has 1 aromatic carbocycles. The van der Waals surface area contributed by atoms with Gasteiger partial charge < -0.3 is 5.32 Å². The van der Waals surface area contributed by atoms with Gasteiger partial charge in [-0.2, -0.15) is 18.4 Å². The van der Waals surface area contributed by atoms with Crippen molar-refractivity contribution in [3.63, 3.8) is 0 Å². The van der Waals surface area contributed by atoms with Gasteiger partial charge in [-0.05, 0) is 43.9 Å². The number of nitrogens with one attached hydrogen (secondary N) is 1. The largest absolute Gasteiger partial charge is 0.418 e. The maximum absolute atomic E-state index is 12.9. The summed E-state index contributed by atoms with van der Waals surface area (Å²) in [4.78, 5) is 0. The van der Waals surface area contributed by atoms with Crippen LogP contribution in [0.5, 0.6) is 0 Å². The molecule has 1 aliphatic rings. The zero-order valence-corrected chi connectivity index (χ0v) is 9.88. The maximum Gasteiger partial charge on any atom is 0.418 e. The van der Waals surface area contributed by atoms with Gasteiger partial charge in [-0.3, -0.25) is 0 Å². The molecule has 0 aromatic heterocycles. The first-order chi connectivity index (χ1) is 8.41. The number of alkyl halides is 3. The zero-order valence-electron chi connectivity index (χ0n) is 9.88. The summed E-state index contributed by atoms with van der Waals surface area (Å²) in [6.45, 7) is 1.88. The zero-order chi connectivity index (χ0) is 13.3. The monoisotopic (exact) mass is 254 g/mol. The Balaban J connectivity index is 2.30. The predicted molar refractivity (Wildman–Crippen MR) is 62.0 cm³/mol. The van der Waals surface area contributed by atoms with Gasteiger partial charge in [0.1, 0.15) is 0 Å². The lowest BCUT2D eigenvalue weighted by atomic mass is 10.1. The van der Waals surface area contributed by atoms with Gasteiger partial charge in [0.05, 0.1) is 17.2 Å². The van der Waals surface area contributed by atoms with E-state index in [9.17, 15) is 13.2 Å². The molecule has 18 heavy (non-hydrogen) atoms. The molecule has 0 radical (unpaired) electrons. The third-order valence-electron chi connectivity index (χ3n) is 3.17. The normalized spacial score (nSPS) is 17.1. The number of halogens is 3. The van der Waals surface area contributed by atoms with E-state index in [1.807, 2.05) is 6.92 Å². The molecular weight excluding hydrogens is 241 g/mol.